The third-order valence-corrected chi connectivity index (χ3v) is 2.40. The van der Waals surface area contributed by atoms with Crippen molar-refractivity contribution in [2.45, 2.75) is 32.9 Å². The Labute approximate surface area is 90.7 Å². The van der Waals surface area contributed by atoms with Crippen molar-refractivity contribution in [1.29, 1.82) is 0 Å². The number of hydrogen-bond acceptors (Lipinski definition) is 2. The first-order valence-electron chi connectivity index (χ1n) is 5.33. The summed E-state index contributed by atoms with van der Waals surface area (Å²) in [7, 11) is 0. The molecule has 82 valence electrons. The van der Waals surface area contributed by atoms with Gasteiger partial charge in [0, 0.05) is 5.56 Å². The van der Waals surface area contributed by atoms with Crippen molar-refractivity contribution >= 4 is 5.91 Å². The maximum Gasteiger partial charge on any atom is 0.252 e. The molecule has 1 rings (SSSR count). The zero-order valence-corrected chi connectivity index (χ0v) is 9.29. The van der Waals surface area contributed by atoms with Gasteiger partial charge in [0.05, 0.1) is 6.17 Å². The Hall–Kier alpha value is -1.35. The van der Waals surface area contributed by atoms with E-state index >= 15 is 0 Å². The van der Waals surface area contributed by atoms with Crippen LogP contribution < -0.4 is 11.1 Å². The number of benzene rings is 1. The van der Waals surface area contributed by atoms with Crippen LogP contribution >= 0.6 is 0 Å². The van der Waals surface area contributed by atoms with Crippen molar-refractivity contribution in [3.8, 4) is 0 Å². The van der Waals surface area contributed by atoms with Gasteiger partial charge >= 0.3 is 0 Å². The minimum atomic E-state index is -0.262. The molecule has 1 unspecified atom stereocenters. The Kier molecular flexibility index (Phi) is 4.31. The topological polar surface area (TPSA) is 55.1 Å². The van der Waals surface area contributed by atoms with E-state index in [0.717, 1.165) is 24.0 Å². The number of carbonyl (C=O) groups is 1. The van der Waals surface area contributed by atoms with Gasteiger partial charge in [-0.1, -0.05) is 32.0 Å². The molecular formula is C12H18N2O. The molecule has 0 aliphatic rings. The summed E-state index contributed by atoms with van der Waals surface area (Å²) in [6.45, 7) is 3.97. The summed E-state index contributed by atoms with van der Waals surface area (Å²) in [5.41, 5.74) is 7.45. The normalized spacial score (nSPS) is 12.2. The fraction of sp³-hybridized carbons (Fsp3) is 0.417. The molecule has 1 atom stereocenters. The van der Waals surface area contributed by atoms with Crippen molar-refractivity contribution in [3.63, 3.8) is 0 Å². The van der Waals surface area contributed by atoms with Crippen LogP contribution in [0.25, 0.3) is 0 Å². The number of amides is 1. The van der Waals surface area contributed by atoms with E-state index in [-0.39, 0.29) is 12.1 Å². The molecule has 3 N–H and O–H groups in total. The standard InChI is InChI=1S/C12H18N2O/c1-3-9-7-5-6-8-10(9)12(15)14-11(13)4-2/h5-8,11H,3-4,13H2,1-2H3,(H,14,15). The molecule has 0 bridgehead atoms. The summed E-state index contributed by atoms with van der Waals surface area (Å²) in [4.78, 5) is 11.8. The lowest BCUT2D eigenvalue weighted by molar-refractivity contribution is 0.0936. The highest BCUT2D eigenvalue weighted by Crippen LogP contribution is 2.09. The number of hydrogen-bond donors (Lipinski definition) is 2. The molecule has 3 nitrogen and oxygen atoms in total. The van der Waals surface area contributed by atoms with E-state index in [0.29, 0.717) is 0 Å². The fourth-order valence-corrected chi connectivity index (χ4v) is 1.40. The molecule has 0 saturated carbocycles. The molecule has 0 aliphatic heterocycles. The van der Waals surface area contributed by atoms with E-state index in [4.69, 9.17) is 5.73 Å². The predicted molar refractivity (Wildman–Crippen MR) is 61.6 cm³/mol. The monoisotopic (exact) mass is 206 g/mol. The molecule has 0 saturated heterocycles. The second-order valence-electron chi connectivity index (χ2n) is 3.50. The van der Waals surface area contributed by atoms with E-state index in [9.17, 15) is 4.79 Å². The third-order valence-electron chi connectivity index (χ3n) is 2.40. The average molecular weight is 206 g/mol. The van der Waals surface area contributed by atoms with Crippen molar-refractivity contribution in [2.75, 3.05) is 0 Å². The molecule has 0 spiro atoms. The smallest absolute Gasteiger partial charge is 0.252 e. The maximum absolute atomic E-state index is 11.8. The summed E-state index contributed by atoms with van der Waals surface area (Å²) in [6, 6.07) is 7.60. The lowest BCUT2D eigenvalue weighted by Gasteiger charge is -2.13. The van der Waals surface area contributed by atoms with E-state index in [1.165, 1.54) is 0 Å². The first-order valence-corrected chi connectivity index (χ1v) is 5.33. The number of nitrogens with two attached hydrogens (primary N) is 1. The van der Waals surface area contributed by atoms with Gasteiger partial charge in [-0.2, -0.15) is 0 Å². The van der Waals surface area contributed by atoms with Gasteiger partial charge in [0.1, 0.15) is 0 Å². The highest BCUT2D eigenvalue weighted by atomic mass is 16.1. The molecule has 0 aromatic heterocycles. The molecule has 0 aliphatic carbocycles. The lowest BCUT2D eigenvalue weighted by Crippen LogP contribution is -2.41. The Bertz CT molecular complexity index is 336. The van der Waals surface area contributed by atoms with Crippen molar-refractivity contribution < 1.29 is 4.79 Å². The molecule has 3 heteroatoms. The number of carbonyl (C=O) groups excluding carboxylic acids is 1. The van der Waals surface area contributed by atoms with Crippen LogP contribution in [-0.4, -0.2) is 12.1 Å². The highest BCUT2D eigenvalue weighted by molar-refractivity contribution is 5.95. The molecule has 0 radical (unpaired) electrons. The van der Waals surface area contributed by atoms with Gasteiger partial charge in [0.25, 0.3) is 5.91 Å². The molecule has 1 aromatic rings. The van der Waals surface area contributed by atoms with E-state index in [1.807, 2.05) is 38.1 Å². The van der Waals surface area contributed by atoms with Crippen LogP contribution in [0.1, 0.15) is 36.2 Å². The highest BCUT2D eigenvalue weighted by Gasteiger charge is 2.11. The minimum absolute atomic E-state index is 0.0817. The first-order chi connectivity index (χ1) is 7.19. The second-order valence-corrected chi connectivity index (χ2v) is 3.50. The number of rotatable bonds is 4. The lowest BCUT2D eigenvalue weighted by atomic mass is 10.0. The van der Waals surface area contributed by atoms with Gasteiger partial charge in [-0.3, -0.25) is 4.79 Å². The Balaban J connectivity index is 2.81. The quantitative estimate of drug-likeness (QED) is 0.736. The van der Waals surface area contributed by atoms with Gasteiger partial charge in [-0.05, 0) is 24.5 Å². The molecule has 15 heavy (non-hydrogen) atoms. The van der Waals surface area contributed by atoms with E-state index in [1.54, 1.807) is 0 Å². The van der Waals surface area contributed by atoms with Gasteiger partial charge in [0.2, 0.25) is 0 Å². The average Bonchev–Trinajstić information content (AvgIpc) is 2.28. The molecular weight excluding hydrogens is 188 g/mol. The Morgan fingerprint density at radius 3 is 2.67 bits per heavy atom. The van der Waals surface area contributed by atoms with Gasteiger partial charge < -0.3 is 11.1 Å². The summed E-state index contributed by atoms with van der Waals surface area (Å²) < 4.78 is 0. The van der Waals surface area contributed by atoms with Gasteiger partial charge in [0.15, 0.2) is 0 Å². The van der Waals surface area contributed by atoms with Crippen molar-refractivity contribution in [2.24, 2.45) is 5.73 Å². The maximum atomic E-state index is 11.8. The largest absolute Gasteiger partial charge is 0.337 e. The zero-order chi connectivity index (χ0) is 11.3. The van der Waals surface area contributed by atoms with Crippen molar-refractivity contribution in [3.05, 3.63) is 35.4 Å². The second kappa shape index (κ2) is 5.51. The minimum Gasteiger partial charge on any atom is -0.337 e. The Morgan fingerprint density at radius 2 is 2.07 bits per heavy atom. The Morgan fingerprint density at radius 1 is 1.40 bits per heavy atom. The first kappa shape index (κ1) is 11.7. The molecule has 1 aromatic carbocycles. The third kappa shape index (κ3) is 3.06. The van der Waals surface area contributed by atoms with E-state index < -0.39 is 0 Å². The van der Waals surface area contributed by atoms with Crippen LogP contribution in [0.4, 0.5) is 0 Å². The fourth-order valence-electron chi connectivity index (χ4n) is 1.40. The van der Waals surface area contributed by atoms with Gasteiger partial charge in [-0.25, -0.2) is 0 Å². The van der Waals surface area contributed by atoms with Crippen LogP contribution in [0.15, 0.2) is 24.3 Å². The molecule has 0 fully saturated rings. The summed E-state index contributed by atoms with van der Waals surface area (Å²) in [5.74, 6) is -0.0817. The zero-order valence-electron chi connectivity index (χ0n) is 9.29. The number of nitrogens with one attached hydrogen (secondary N) is 1. The van der Waals surface area contributed by atoms with Crippen LogP contribution in [0, 0.1) is 0 Å². The van der Waals surface area contributed by atoms with Gasteiger partial charge in [-0.15, -0.1) is 0 Å². The SMILES string of the molecule is CCc1ccccc1C(=O)NC(N)CC. The van der Waals surface area contributed by atoms with Crippen molar-refractivity contribution in [1.82, 2.24) is 5.32 Å². The van der Waals surface area contributed by atoms with E-state index in [2.05, 4.69) is 5.32 Å². The summed E-state index contributed by atoms with van der Waals surface area (Å²) in [5, 5.41) is 2.76. The van der Waals surface area contributed by atoms with Crippen LogP contribution in [0.3, 0.4) is 0 Å². The van der Waals surface area contributed by atoms with Crippen LogP contribution in [-0.2, 0) is 6.42 Å². The summed E-state index contributed by atoms with van der Waals surface area (Å²) >= 11 is 0. The molecule has 1 amide bonds. The number of aryl methyl sites for hydroxylation is 1. The molecule has 0 heterocycles. The summed E-state index contributed by atoms with van der Waals surface area (Å²) in [6.07, 6.45) is 1.33. The predicted octanol–water partition coefficient (Wildman–Crippen LogP) is 1.67. The van der Waals surface area contributed by atoms with Crippen LogP contribution in [0.5, 0.6) is 0 Å². The van der Waals surface area contributed by atoms with Crippen LogP contribution in [0.2, 0.25) is 0 Å².